The number of fused-ring (bicyclic) bond motifs is 1. The van der Waals surface area contributed by atoms with Gasteiger partial charge in [0.05, 0.1) is 0 Å². The molecule has 0 saturated heterocycles. The molecular weight excluding hydrogens is 218 g/mol. The number of hydrogen-bond acceptors (Lipinski definition) is 1. The smallest absolute Gasteiger partial charge is 0.0292 e. The molecule has 3 rings (SSSR count). The lowest BCUT2D eigenvalue weighted by Crippen LogP contribution is -2.38. The molecule has 0 amide bonds. The Morgan fingerprint density at radius 3 is 2.67 bits per heavy atom. The van der Waals surface area contributed by atoms with E-state index in [9.17, 15) is 0 Å². The summed E-state index contributed by atoms with van der Waals surface area (Å²) >= 11 is 0. The van der Waals surface area contributed by atoms with Crippen LogP contribution in [0.3, 0.4) is 0 Å². The number of aryl methyl sites for hydroxylation is 2. The molecule has 0 spiro atoms. The zero-order valence-corrected chi connectivity index (χ0v) is 11.8. The van der Waals surface area contributed by atoms with Crippen molar-refractivity contribution in [2.45, 2.75) is 58.4 Å². The highest BCUT2D eigenvalue weighted by atomic mass is 14.9. The maximum Gasteiger partial charge on any atom is 0.0292 e. The van der Waals surface area contributed by atoms with Crippen LogP contribution in [-0.4, -0.2) is 6.54 Å². The molecule has 0 heterocycles. The highest BCUT2D eigenvalue weighted by Gasteiger charge is 2.31. The average molecular weight is 243 g/mol. The molecule has 0 radical (unpaired) electrons. The van der Waals surface area contributed by atoms with Gasteiger partial charge in [-0.15, -0.1) is 0 Å². The Bertz CT molecular complexity index is 431. The van der Waals surface area contributed by atoms with Gasteiger partial charge in [-0.05, 0) is 61.1 Å². The predicted molar refractivity (Wildman–Crippen MR) is 76.8 cm³/mol. The van der Waals surface area contributed by atoms with Gasteiger partial charge in [0.1, 0.15) is 0 Å². The van der Waals surface area contributed by atoms with Gasteiger partial charge in [0.25, 0.3) is 0 Å². The van der Waals surface area contributed by atoms with Crippen molar-refractivity contribution >= 4 is 0 Å². The van der Waals surface area contributed by atoms with Crippen LogP contribution in [-0.2, 0) is 12.8 Å². The lowest BCUT2D eigenvalue weighted by Gasteiger charge is -2.39. The van der Waals surface area contributed by atoms with Crippen molar-refractivity contribution < 1.29 is 0 Å². The van der Waals surface area contributed by atoms with Gasteiger partial charge in [-0.25, -0.2) is 0 Å². The molecule has 1 N–H and O–H groups in total. The molecule has 1 saturated carbocycles. The Morgan fingerprint density at radius 1 is 1.17 bits per heavy atom. The topological polar surface area (TPSA) is 12.0 Å². The van der Waals surface area contributed by atoms with E-state index in [1.807, 2.05) is 0 Å². The van der Waals surface area contributed by atoms with E-state index in [2.05, 4.69) is 37.4 Å². The van der Waals surface area contributed by atoms with Crippen molar-refractivity contribution in [1.29, 1.82) is 0 Å². The fourth-order valence-electron chi connectivity index (χ4n) is 3.34. The molecule has 0 aliphatic heterocycles. The van der Waals surface area contributed by atoms with Crippen LogP contribution in [0.25, 0.3) is 0 Å². The third-order valence-corrected chi connectivity index (χ3v) is 5.02. The Morgan fingerprint density at radius 2 is 1.94 bits per heavy atom. The largest absolute Gasteiger partial charge is 0.310 e. The highest BCUT2D eigenvalue weighted by Crippen LogP contribution is 2.39. The molecule has 0 bridgehead atoms. The third-order valence-electron chi connectivity index (χ3n) is 5.02. The molecule has 1 atom stereocenters. The summed E-state index contributed by atoms with van der Waals surface area (Å²) in [4.78, 5) is 0. The minimum Gasteiger partial charge on any atom is -0.310 e. The maximum atomic E-state index is 3.73. The van der Waals surface area contributed by atoms with Gasteiger partial charge in [-0.3, -0.25) is 0 Å². The van der Waals surface area contributed by atoms with Gasteiger partial charge in [0.2, 0.25) is 0 Å². The average Bonchev–Trinajstić information content (AvgIpc) is 2.80. The molecular formula is C17H25N. The zero-order chi connectivity index (χ0) is 12.6. The van der Waals surface area contributed by atoms with Crippen LogP contribution in [0.1, 0.15) is 62.3 Å². The van der Waals surface area contributed by atoms with Crippen molar-refractivity contribution in [2.24, 2.45) is 5.41 Å². The lowest BCUT2D eigenvalue weighted by atomic mass is 9.70. The Balaban J connectivity index is 1.63. The first-order chi connectivity index (χ1) is 8.66. The fourth-order valence-corrected chi connectivity index (χ4v) is 3.34. The van der Waals surface area contributed by atoms with E-state index in [1.165, 1.54) is 50.6 Å². The quantitative estimate of drug-likeness (QED) is 0.842. The molecule has 18 heavy (non-hydrogen) atoms. The SMILES string of the molecule is CC(NCC1(C)CCC1)c1ccc2c(c1)CCC2. The van der Waals surface area contributed by atoms with Gasteiger partial charge >= 0.3 is 0 Å². The first-order valence-electron chi connectivity index (χ1n) is 7.51. The second-order valence-electron chi connectivity index (χ2n) is 6.65. The van der Waals surface area contributed by atoms with E-state index in [4.69, 9.17) is 0 Å². The van der Waals surface area contributed by atoms with Crippen LogP contribution in [0.4, 0.5) is 0 Å². The Hall–Kier alpha value is -0.820. The molecule has 0 aromatic heterocycles. The van der Waals surface area contributed by atoms with Crippen molar-refractivity contribution in [1.82, 2.24) is 5.32 Å². The monoisotopic (exact) mass is 243 g/mol. The van der Waals surface area contributed by atoms with Gasteiger partial charge in [-0.2, -0.15) is 0 Å². The van der Waals surface area contributed by atoms with E-state index in [0.29, 0.717) is 11.5 Å². The number of nitrogens with one attached hydrogen (secondary N) is 1. The van der Waals surface area contributed by atoms with E-state index in [0.717, 1.165) is 0 Å². The van der Waals surface area contributed by atoms with Crippen LogP contribution >= 0.6 is 0 Å². The molecule has 98 valence electrons. The summed E-state index contributed by atoms with van der Waals surface area (Å²) in [6.45, 7) is 5.89. The summed E-state index contributed by atoms with van der Waals surface area (Å²) in [5.74, 6) is 0. The lowest BCUT2D eigenvalue weighted by molar-refractivity contribution is 0.152. The van der Waals surface area contributed by atoms with Gasteiger partial charge in [0.15, 0.2) is 0 Å². The zero-order valence-electron chi connectivity index (χ0n) is 11.8. The second-order valence-corrected chi connectivity index (χ2v) is 6.65. The number of benzene rings is 1. The molecule has 1 aromatic carbocycles. The molecule has 1 fully saturated rings. The van der Waals surface area contributed by atoms with E-state index in [-0.39, 0.29) is 0 Å². The van der Waals surface area contributed by atoms with E-state index in [1.54, 1.807) is 11.1 Å². The molecule has 1 aromatic rings. The predicted octanol–water partition coefficient (Wildman–Crippen LogP) is 4.02. The van der Waals surface area contributed by atoms with Crippen molar-refractivity contribution in [2.75, 3.05) is 6.54 Å². The van der Waals surface area contributed by atoms with Gasteiger partial charge < -0.3 is 5.32 Å². The molecule has 1 heteroatoms. The van der Waals surface area contributed by atoms with Crippen LogP contribution in [0.2, 0.25) is 0 Å². The van der Waals surface area contributed by atoms with Gasteiger partial charge in [-0.1, -0.05) is 31.5 Å². The number of hydrogen-bond donors (Lipinski definition) is 1. The highest BCUT2D eigenvalue weighted by molar-refractivity contribution is 5.36. The maximum absolute atomic E-state index is 3.73. The minimum atomic E-state index is 0.494. The van der Waals surface area contributed by atoms with Crippen molar-refractivity contribution in [3.8, 4) is 0 Å². The van der Waals surface area contributed by atoms with Crippen LogP contribution in [0.15, 0.2) is 18.2 Å². The van der Waals surface area contributed by atoms with Gasteiger partial charge in [0, 0.05) is 12.6 Å². The summed E-state index contributed by atoms with van der Waals surface area (Å²) in [6.07, 6.45) is 8.14. The minimum absolute atomic E-state index is 0.494. The summed E-state index contributed by atoms with van der Waals surface area (Å²) < 4.78 is 0. The van der Waals surface area contributed by atoms with Crippen LogP contribution in [0.5, 0.6) is 0 Å². The second kappa shape index (κ2) is 4.70. The summed E-state index contributed by atoms with van der Waals surface area (Å²) in [7, 11) is 0. The molecule has 1 unspecified atom stereocenters. The molecule has 2 aliphatic rings. The van der Waals surface area contributed by atoms with Crippen molar-refractivity contribution in [3.05, 3.63) is 34.9 Å². The number of rotatable bonds is 4. The third kappa shape index (κ3) is 2.33. The van der Waals surface area contributed by atoms with Crippen LogP contribution in [0, 0.1) is 5.41 Å². The van der Waals surface area contributed by atoms with Crippen LogP contribution < -0.4 is 5.32 Å². The van der Waals surface area contributed by atoms with E-state index < -0.39 is 0 Å². The first kappa shape index (κ1) is 12.2. The molecule has 1 nitrogen and oxygen atoms in total. The van der Waals surface area contributed by atoms with E-state index >= 15 is 0 Å². The standard InChI is InChI=1S/C17H25N/c1-13(18-12-17(2)9-4-10-17)15-8-7-14-5-3-6-16(14)11-15/h7-8,11,13,18H,3-6,9-10,12H2,1-2H3. The summed E-state index contributed by atoms with van der Waals surface area (Å²) in [5.41, 5.74) is 5.22. The molecule has 2 aliphatic carbocycles. The Kier molecular flexibility index (Phi) is 3.19. The Labute approximate surface area is 111 Å². The fraction of sp³-hybridized carbons (Fsp3) is 0.647. The summed E-state index contributed by atoms with van der Waals surface area (Å²) in [6, 6.07) is 7.60. The summed E-state index contributed by atoms with van der Waals surface area (Å²) in [5, 5.41) is 3.73. The normalized spacial score (nSPS) is 22.3. The first-order valence-corrected chi connectivity index (χ1v) is 7.51. The van der Waals surface area contributed by atoms with Crippen molar-refractivity contribution in [3.63, 3.8) is 0 Å².